The molecule has 43 heavy (non-hydrogen) atoms. The first-order chi connectivity index (χ1) is 21.0. The van der Waals surface area contributed by atoms with Gasteiger partial charge in [-0.05, 0) is 150 Å². The normalized spacial score (nSPS) is 20.6. The lowest BCUT2D eigenvalue weighted by Crippen LogP contribution is -2.52. The molecule has 224 valence electrons. The first kappa shape index (κ1) is 28.3. The Hall–Kier alpha value is -3.44. The fourth-order valence-corrected chi connectivity index (χ4v) is 8.29. The van der Waals surface area contributed by atoms with Gasteiger partial charge in [-0.25, -0.2) is 0 Å². The summed E-state index contributed by atoms with van der Waals surface area (Å²) in [4.78, 5) is 24.5. The summed E-state index contributed by atoms with van der Waals surface area (Å²) >= 11 is 0. The molecule has 7 rings (SSSR count). The number of carbonyl (C=O) groups excluding carboxylic acids is 1. The van der Waals surface area contributed by atoms with E-state index in [0.29, 0.717) is 18.0 Å². The molecular formula is C38H46N4O. The fraction of sp³-hybridized carbons (Fsp3) is 0.474. The van der Waals surface area contributed by atoms with Crippen LogP contribution >= 0.6 is 0 Å². The number of hydrogen-bond acceptors (Lipinski definition) is 3. The monoisotopic (exact) mass is 574 g/mol. The molecule has 3 fully saturated rings. The standard InChI is InChI=1S/C38H46N4O/c1-26-22-27(2)24-29(23-26)36-33(15-21-39-18-4-3-6-28-13-19-40-20-14-28)34-25-30(7-12-35(34)41-36)38(16-5-17-38)37(43)42-31-8-9-32(42)11-10-31/h7,12-14,19-20,22-25,31-32,39,41H,3-6,8-11,15-18,21H2,1-2H3. The number of hydrogen-bond donors (Lipinski definition) is 2. The smallest absolute Gasteiger partial charge is 0.233 e. The molecular weight excluding hydrogens is 528 g/mol. The van der Waals surface area contributed by atoms with Crippen LogP contribution in [0, 0.1) is 13.8 Å². The number of carbonyl (C=O) groups is 1. The third-order valence-corrected chi connectivity index (χ3v) is 10.6. The van der Waals surface area contributed by atoms with Gasteiger partial charge in [0.25, 0.3) is 0 Å². The average molecular weight is 575 g/mol. The van der Waals surface area contributed by atoms with E-state index >= 15 is 0 Å². The van der Waals surface area contributed by atoms with Crippen molar-refractivity contribution in [3.63, 3.8) is 0 Å². The van der Waals surface area contributed by atoms with Crippen LogP contribution in [-0.4, -0.2) is 45.9 Å². The highest BCUT2D eigenvalue weighted by Crippen LogP contribution is 2.50. The van der Waals surface area contributed by atoms with Crippen molar-refractivity contribution in [2.75, 3.05) is 13.1 Å². The molecule has 2 saturated heterocycles. The van der Waals surface area contributed by atoms with Crippen molar-refractivity contribution < 1.29 is 4.79 Å². The van der Waals surface area contributed by atoms with Crippen LogP contribution in [0.1, 0.15) is 85.6 Å². The molecule has 3 aliphatic rings. The van der Waals surface area contributed by atoms with Gasteiger partial charge in [0.1, 0.15) is 0 Å². The third-order valence-electron chi connectivity index (χ3n) is 10.6. The van der Waals surface area contributed by atoms with E-state index in [1.54, 1.807) is 0 Å². The van der Waals surface area contributed by atoms with E-state index in [-0.39, 0.29) is 5.41 Å². The molecule has 0 spiro atoms. The van der Waals surface area contributed by atoms with E-state index in [4.69, 9.17) is 0 Å². The van der Waals surface area contributed by atoms with E-state index < -0.39 is 0 Å². The molecule has 1 aliphatic carbocycles. The van der Waals surface area contributed by atoms with Crippen molar-refractivity contribution in [1.82, 2.24) is 20.2 Å². The van der Waals surface area contributed by atoms with Crippen LogP contribution in [0.5, 0.6) is 0 Å². The van der Waals surface area contributed by atoms with Gasteiger partial charge in [-0.3, -0.25) is 9.78 Å². The predicted octanol–water partition coefficient (Wildman–Crippen LogP) is 7.58. The maximum Gasteiger partial charge on any atom is 0.233 e. The summed E-state index contributed by atoms with van der Waals surface area (Å²) in [5.41, 5.74) is 9.86. The van der Waals surface area contributed by atoms with E-state index in [0.717, 1.165) is 51.6 Å². The van der Waals surface area contributed by atoms with Crippen molar-refractivity contribution in [2.45, 2.75) is 102 Å². The van der Waals surface area contributed by atoms with Gasteiger partial charge in [-0.15, -0.1) is 0 Å². The van der Waals surface area contributed by atoms with Crippen LogP contribution in [0.15, 0.2) is 60.9 Å². The van der Waals surface area contributed by atoms with Crippen molar-refractivity contribution >= 4 is 16.8 Å². The summed E-state index contributed by atoms with van der Waals surface area (Å²) in [5, 5.41) is 5.01. The number of H-pyrrole nitrogens is 1. The van der Waals surface area contributed by atoms with Crippen LogP contribution in [0.2, 0.25) is 0 Å². The van der Waals surface area contributed by atoms with Crippen molar-refractivity contribution in [2.24, 2.45) is 0 Å². The number of benzene rings is 2. The van der Waals surface area contributed by atoms with Gasteiger partial charge in [-0.2, -0.15) is 0 Å². The Bertz CT molecular complexity index is 1560. The minimum Gasteiger partial charge on any atom is -0.354 e. The van der Waals surface area contributed by atoms with Crippen LogP contribution in [0.4, 0.5) is 0 Å². The van der Waals surface area contributed by atoms with Gasteiger partial charge in [0.15, 0.2) is 0 Å². The van der Waals surface area contributed by atoms with Crippen LogP contribution in [-0.2, 0) is 23.1 Å². The lowest BCUT2D eigenvalue weighted by Gasteiger charge is -2.44. The molecule has 2 aromatic heterocycles. The van der Waals surface area contributed by atoms with Crippen molar-refractivity contribution in [1.29, 1.82) is 0 Å². The van der Waals surface area contributed by atoms with Crippen LogP contribution < -0.4 is 5.32 Å². The molecule has 1 amide bonds. The van der Waals surface area contributed by atoms with Crippen LogP contribution in [0.25, 0.3) is 22.2 Å². The van der Waals surface area contributed by atoms with Gasteiger partial charge in [0, 0.05) is 41.1 Å². The Morgan fingerprint density at radius 1 is 0.907 bits per heavy atom. The topological polar surface area (TPSA) is 61.0 Å². The Kier molecular flexibility index (Phi) is 7.85. The van der Waals surface area contributed by atoms with E-state index in [9.17, 15) is 4.79 Å². The van der Waals surface area contributed by atoms with Crippen LogP contribution in [0.3, 0.4) is 0 Å². The Morgan fingerprint density at radius 3 is 2.30 bits per heavy atom. The molecule has 4 aromatic rings. The number of unbranched alkanes of at least 4 members (excludes halogenated alkanes) is 1. The number of rotatable bonds is 11. The Morgan fingerprint density at radius 2 is 1.63 bits per heavy atom. The number of aromatic nitrogens is 2. The number of nitrogens with zero attached hydrogens (tertiary/aromatic N) is 2. The molecule has 5 nitrogen and oxygen atoms in total. The molecule has 4 heterocycles. The highest BCUT2D eigenvalue weighted by Gasteiger charge is 2.53. The number of pyridine rings is 1. The maximum absolute atomic E-state index is 14.2. The molecule has 5 heteroatoms. The Balaban J connectivity index is 1.14. The molecule has 0 unspecified atom stereocenters. The SMILES string of the molecule is Cc1cc(C)cc(-c2[nH]c3ccc(C4(C(=O)N5C6CCC5CC6)CCC4)cc3c2CCNCCCCc2ccncc2)c1. The average Bonchev–Trinajstić information content (AvgIpc) is 3.69. The highest BCUT2D eigenvalue weighted by atomic mass is 16.2. The van der Waals surface area contributed by atoms with E-state index in [2.05, 4.69) is 82.6 Å². The second-order valence-electron chi connectivity index (χ2n) is 13.5. The lowest BCUT2D eigenvalue weighted by atomic mass is 9.63. The van der Waals surface area contributed by atoms with Crippen molar-refractivity contribution in [3.8, 4) is 11.3 Å². The van der Waals surface area contributed by atoms with Crippen molar-refractivity contribution in [3.05, 3.63) is 88.7 Å². The molecule has 0 atom stereocenters. The number of amides is 1. The number of aromatic amines is 1. The number of fused-ring (bicyclic) bond motifs is 3. The van der Waals surface area contributed by atoms with E-state index in [1.807, 2.05) is 12.4 Å². The molecule has 2 aliphatic heterocycles. The highest BCUT2D eigenvalue weighted by molar-refractivity contribution is 5.95. The molecule has 0 radical (unpaired) electrons. The fourth-order valence-electron chi connectivity index (χ4n) is 8.29. The molecule has 1 saturated carbocycles. The van der Waals surface area contributed by atoms with Gasteiger partial charge in [-0.1, -0.05) is 29.7 Å². The van der Waals surface area contributed by atoms with Gasteiger partial charge in [0.2, 0.25) is 5.91 Å². The summed E-state index contributed by atoms with van der Waals surface area (Å²) in [6, 6.07) is 18.9. The van der Waals surface area contributed by atoms with E-state index in [1.165, 1.54) is 82.1 Å². The summed E-state index contributed by atoms with van der Waals surface area (Å²) in [6.07, 6.45) is 16.1. The second-order valence-corrected chi connectivity index (χ2v) is 13.5. The quantitative estimate of drug-likeness (QED) is 0.182. The maximum atomic E-state index is 14.2. The molecule has 2 aromatic carbocycles. The number of nitrogens with one attached hydrogen (secondary N) is 2. The number of aryl methyl sites for hydroxylation is 3. The summed E-state index contributed by atoms with van der Waals surface area (Å²) in [6.45, 7) is 6.32. The summed E-state index contributed by atoms with van der Waals surface area (Å²) in [7, 11) is 0. The minimum absolute atomic E-state index is 0.332. The largest absolute Gasteiger partial charge is 0.354 e. The lowest BCUT2D eigenvalue weighted by molar-refractivity contribution is -0.142. The molecule has 2 bridgehead atoms. The van der Waals surface area contributed by atoms with Gasteiger partial charge >= 0.3 is 0 Å². The third kappa shape index (κ3) is 5.42. The zero-order valence-corrected chi connectivity index (χ0v) is 25.9. The minimum atomic E-state index is -0.332. The predicted molar refractivity (Wildman–Crippen MR) is 175 cm³/mol. The Labute approximate surface area is 256 Å². The zero-order valence-electron chi connectivity index (χ0n) is 25.9. The zero-order chi connectivity index (χ0) is 29.4. The first-order valence-corrected chi connectivity index (χ1v) is 16.7. The van der Waals surface area contributed by atoms with Gasteiger partial charge < -0.3 is 15.2 Å². The molecule has 2 N–H and O–H groups in total. The summed E-state index contributed by atoms with van der Waals surface area (Å²) in [5.74, 6) is 0.420. The van der Waals surface area contributed by atoms with Gasteiger partial charge in [0.05, 0.1) is 5.41 Å². The first-order valence-electron chi connectivity index (χ1n) is 16.7. The second kappa shape index (κ2) is 11.9. The summed E-state index contributed by atoms with van der Waals surface area (Å²) < 4.78 is 0.